The van der Waals surface area contributed by atoms with Crippen molar-refractivity contribution < 1.29 is 13.9 Å². The molecule has 0 spiro atoms. The lowest BCUT2D eigenvalue weighted by molar-refractivity contribution is 0.0954. The van der Waals surface area contributed by atoms with Gasteiger partial charge in [0, 0.05) is 44.8 Å². The summed E-state index contributed by atoms with van der Waals surface area (Å²) in [5.41, 5.74) is 3.58. The van der Waals surface area contributed by atoms with E-state index in [1.165, 1.54) is 11.6 Å². The van der Waals surface area contributed by atoms with Crippen molar-refractivity contribution in [3.8, 4) is 5.75 Å². The van der Waals surface area contributed by atoms with Crippen molar-refractivity contribution in [3.63, 3.8) is 0 Å². The maximum Gasteiger partial charge on any atom is 0.251 e. The number of rotatable bonds is 8. The van der Waals surface area contributed by atoms with E-state index >= 15 is 0 Å². The molecule has 6 heteroatoms. The second-order valence-electron chi connectivity index (χ2n) is 8.23. The Morgan fingerprint density at radius 3 is 2.36 bits per heavy atom. The SMILES string of the molecule is COc1ccccc1CCNC(=O)c1ccc(CN2CCN(c3ccccc3F)CC2)cc1. The predicted molar refractivity (Wildman–Crippen MR) is 129 cm³/mol. The first kappa shape index (κ1) is 22.8. The van der Waals surface area contributed by atoms with Crippen LogP contribution in [0.3, 0.4) is 0 Å². The van der Waals surface area contributed by atoms with Crippen LogP contribution in [-0.2, 0) is 13.0 Å². The summed E-state index contributed by atoms with van der Waals surface area (Å²) in [4.78, 5) is 17.0. The van der Waals surface area contributed by atoms with Crippen molar-refractivity contribution in [2.24, 2.45) is 0 Å². The Bertz CT molecular complexity index is 1060. The number of hydrogen-bond donors (Lipinski definition) is 1. The monoisotopic (exact) mass is 447 g/mol. The lowest BCUT2D eigenvalue weighted by Gasteiger charge is -2.36. The van der Waals surface area contributed by atoms with E-state index in [0.717, 1.165) is 44.0 Å². The van der Waals surface area contributed by atoms with Gasteiger partial charge in [0.15, 0.2) is 0 Å². The second-order valence-corrected chi connectivity index (χ2v) is 8.23. The molecule has 3 aromatic rings. The predicted octanol–water partition coefficient (Wildman–Crippen LogP) is 4.13. The number of nitrogens with zero attached hydrogens (tertiary/aromatic N) is 2. The van der Waals surface area contributed by atoms with Crippen molar-refractivity contribution in [1.29, 1.82) is 0 Å². The molecule has 5 nitrogen and oxygen atoms in total. The molecular weight excluding hydrogens is 417 g/mol. The van der Waals surface area contributed by atoms with Gasteiger partial charge in [-0.15, -0.1) is 0 Å². The topological polar surface area (TPSA) is 44.8 Å². The molecule has 0 saturated carbocycles. The molecule has 1 amide bonds. The Balaban J connectivity index is 1.24. The van der Waals surface area contributed by atoms with E-state index in [1.54, 1.807) is 13.2 Å². The number of amides is 1. The average molecular weight is 448 g/mol. The summed E-state index contributed by atoms with van der Waals surface area (Å²) in [6, 6.07) is 22.6. The molecule has 1 N–H and O–H groups in total. The maximum atomic E-state index is 14.0. The molecule has 0 radical (unpaired) electrons. The third kappa shape index (κ3) is 5.90. The van der Waals surface area contributed by atoms with Gasteiger partial charge < -0.3 is 15.0 Å². The minimum atomic E-state index is -0.164. The van der Waals surface area contributed by atoms with Crippen molar-refractivity contribution in [2.75, 3.05) is 44.7 Å². The number of nitrogens with one attached hydrogen (secondary N) is 1. The van der Waals surface area contributed by atoms with E-state index in [0.29, 0.717) is 24.2 Å². The summed E-state index contributed by atoms with van der Waals surface area (Å²) >= 11 is 0. The molecular formula is C27H30FN3O2. The largest absolute Gasteiger partial charge is 0.496 e. The van der Waals surface area contributed by atoms with E-state index in [9.17, 15) is 9.18 Å². The third-order valence-corrected chi connectivity index (χ3v) is 6.06. The molecule has 1 saturated heterocycles. The van der Waals surface area contributed by atoms with Crippen LogP contribution in [0.5, 0.6) is 5.75 Å². The molecule has 3 aromatic carbocycles. The van der Waals surface area contributed by atoms with Crippen LogP contribution in [0.2, 0.25) is 0 Å². The zero-order valence-electron chi connectivity index (χ0n) is 19.0. The third-order valence-electron chi connectivity index (χ3n) is 6.06. The van der Waals surface area contributed by atoms with Crippen molar-refractivity contribution in [3.05, 3.63) is 95.3 Å². The van der Waals surface area contributed by atoms with Crippen LogP contribution in [0.15, 0.2) is 72.8 Å². The summed E-state index contributed by atoms with van der Waals surface area (Å²) in [5, 5.41) is 2.98. The Morgan fingerprint density at radius 2 is 1.64 bits per heavy atom. The van der Waals surface area contributed by atoms with Crippen LogP contribution in [0, 0.1) is 5.82 Å². The fourth-order valence-electron chi connectivity index (χ4n) is 4.20. The van der Waals surface area contributed by atoms with Crippen molar-refractivity contribution in [1.82, 2.24) is 10.2 Å². The minimum absolute atomic E-state index is 0.0741. The fraction of sp³-hybridized carbons (Fsp3) is 0.296. The number of methoxy groups -OCH3 is 1. The van der Waals surface area contributed by atoms with Gasteiger partial charge in [0.25, 0.3) is 5.91 Å². The Labute approximate surface area is 194 Å². The van der Waals surface area contributed by atoms with Gasteiger partial charge in [0.05, 0.1) is 12.8 Å². The van der Waals surface area contributed by atoms with E-state index in [2.05, 4.69) is 15.1 Å². The second kappa shape index (κ2) is 11.0. The van der Waals surface area contributed by atoms with Crippen molar-refractivity contribution >= 4 is 11.6 Å². The van der Waals surface area contributed by atoms with Gasteiger partial charge in [0.1, 0.15) is 11.6 Å². The van der Waals surface area contributed by atoms with Crippen molar-refractivity contribution in [2.45, 2.75) is 13.0 Å². The number of piperazine rings is 1. The fourth-order valence-corrected chi connectivity index (χ4v) is 4.20. The molecule has 0 atom stereocenters. The lowest BCUT2D eigenvalue weighted by atomic mass is 10.1. The Morgan fingerprint density at radius 1 is 0.939 bits per heavy atom. The number of hydrogen-bond acceptors (Lipinski definition) is 4. The van der Waals surface area contributed by atoms with Gasteiger partial charge in [-0.25, -0.2) is 4.39 Å². The van der Waals surface area contributed by atoms with E-state index in [-0.39, 0.29) is 11.7 Å². The number of ether oxygens (including phenoxy) is 1. The van der Waals surface area contributed by atoms with Crippen LogP contribution in [0.25, 0.3) is 0 Å². The molecule has 1 fully saturated rings. The Hall–Kier alpha value is -3.38. The molecule has 33 heavy (non-hydrogen) atoms. The van der Waals surface area contributed by atoms with E-state index in [1.807, 2.05) is 60.7 Å². The number of anilines is 1. The molecule has 4 rings (SSSR count). The number of para-hydroxylation sites is 2. The van der Waals surface area contributed by atoms with E-state index in [4.69, 9.17) is 4.74 Å². The number of carbonyl (C=O) groups excluding carboxylic acids is 1. The summed E-state index contributed by atoms with van der Waals surface area (Å²) in [6.45, 7) is 4.72. The highest BCUT2D eigenvalue weighted by Crippen LogP contribution is 2.21. The summed E-state index contributed by atoms with van der Waals surface area (Å²) in [6.07, 6.45) is 0.715. The molecule has 0 aliphatic carbocycles. The highest BCUT2D eigenvalue weighted by atomic mass is 19.1. The zero-order valence-corrected chi connectivity index (χ0v) is 19.0. The molecule has 1 heterocycles. The summed E-state index contributed by atoms with van der Waals surface area (Å²) in [5.74, 6) is 0.600. The van der Waals surface area contributed by atoms with Crippen LogP contribution in [0.4, 0.5) is 10.1 Å². The molecule has 172 valence electrons. The maximum absolute atomic E-state index is 14.0. The smallest absolute Gasteiger partial charge is 0.251 e. The molecule has 0 unspecified atom stereocenters. The van der Waals surface area contributed by atoms with Crippen LogP contribution >= 0.6 is 0 Å². The summed E-state index contributed by atoms with van der Waals surface area (Å²) in [7, 11) is 1.65. The zero-order chi connectivity index (χ0) is 23.0. The molecule has 1 aliphatic rings. The highest BCUT2D eigenvalue weighted by molar-refractivity contribution is 5.94. The lowest BCUT2D eigenvalue weighted by Crippen LogP contribution is -2.46. The summed E-state index contributed by atoms with van der Waals surface area (Å²) < 4.78 is 19.4. The van der Waals surface area contributed by atoms with E-state index < -0.39 is 0 Å². The van der Waals surface area contributed by atoms with Crippen LogP contribution < -0.4 is 15.0 Å². The Kier molecular flexibility index (Phi) is 7.58. The number of benzene rings is 3. The standard InChI is InChI=1S/C27H30FN3O2/c1-33-26-9-5-2-6-22(26)14-15-29-27(32)23-12-10-21(11-13-23)20-30-16-18-31(19-17-30)25-8-4-3-7-24(25)28/h2-13H,14-20H2,1H3,(H,29,32). The number of halogens is 1. The first-order valence-electron chi connectivity index (χ1n) is 11.3. The van der Waals surface area contributed by atoms with Crippen LogP contribution in [0.1, 0.15) is 21.5 Å². The van der Waals surface area contributed by atoms with Crippen LogP contribution in [-0.4, -0.2) is 50.6 Å². The molecule has 1 aliphatic heterocycles. The highest BCUT2D eigenvalue weighted by Gasteiger charge is 2.19. The molecule has 0 aromatic heterocycles. The van der Waals surface area contributed by atoms with Gasteiger partial charge in [-0.2, -0.15) is 0 Å². The van der Waals surface area contributed by atoms with Gasteiger partial charge in [0.2, 0.25) is 0 Å². The first-order valence-corrected chi connectivity index (χ1v) is 11.3. The van der Waals surface area contributed by atoms with Gasteiger partial charge in [-0.05, 0) is 47.9 Å². The first-order chi connectivity index (χ1) is 16.1. The quantitative estimate of drug-likeness (QED) is 0.564. The molecule has 0 bridgehead atoms. The minimum Gasteiger partial charge on any atom is -0.496 e. The number of carbonyl (C=O) groups is 1. The van der Waals surface area contributed by atoms with Gasteiger partial charge in [-0.3, -0.25) is 9.69 Å². The normalized spacial score (nSPS) is 14.2. The van der Waals surface area contributed by atoms with Gasteiger partial charge in [-0.1, -0.05) is 42.5 Å². The van der Waals surface area contributed by atoms with Gasteiger partial charge >= 0.3 is 0 Å². The average Bonchev–Trinajstić information content (AvgIpc) is 2.85.